The number of nitrogens with zero attached hydrogens (tertiary/aromatic N) is 3. The maximum absolute atomic E-state index is 14.1. The predicted molar refractivity (Wildman–Crippen MR) is 116 cm³/mol. The number of halogens is 2. The van der Waals surface area contributed by atoms with E-state index in [2.05, 4.69) is 9.98 Å². The van der Waals surface area contributed by atoms with Gasteiger partial charge in [-0.25, -0.2) is 18.5 Å². The zero-order valence-corrected chi connectivity index (χ0v) is 17.2. The van der Waals surface area contributed by atoms with Gasteiger partial charge in [-0.05, 0) is 42.3 Å². The van der Waals surface area contributed by atoms with Crippen molar-refractivity contribution < 1.29 is 19.4 Å². The number of nitriles is 1. The number of hydrogen-bond acceptors (Lipinski definition) is 5. The molecule has 10 heteroatoms. The van der Waals surface area contributed by atoms with E-state index in [4.69, 9.17) is 16.9 Å². The second-order valence-electron chi connectivity index (χ2n) is 7.06. The number of nitrogens with one attached hydrogen (secondary N) is 1. The fraction of sp³-hybridized carbons (Fsp3) is 0.0909. The molecule has 1 unspecified atom stereocenters. The minimum absolute atomic E-state index is 0.0442. The van der Waals surface area contributed by atoms with E-state index in [0.29, 0.717) is 20.9 Å². The van der Waals surface area contributed by atoms with Gasteiger partial charge in [0.2, 0.25) is 5.88 Å². The topological polar surface area (TPSA) is 131 Å². The van der Waals surface area contributed by atoms with Crippen LogP contribution in [0.15, 0.2) is 40.1 Å². The molecule has 0 radical (unpaired) electrons. The highest BCUT2D eigenvalue weighted by Crippen LogP contribution is 2.39. The standard InChI is InChI=1S/C22H14ClFN4O4/c1-10-15(23)5-4-14-13(9-26-18(10)14)7-17-20(29)28(22(32)27-17)19(21(30)31)11-2-3-12(8-25)16(24)6-11/h2-7,9,19,29H,1H3,(H,27,32)(H,30,31). The fourth-order valence-corrected chi connectivity index (χ4v) is 3.69. The van der Waals surface area contributed by atoms with Gasteiger partial charge in [0.25, 0.3) is 0 Å². The molecule has 2 heterocycles. The Kier molecular flexibility index (Phi) is 5.16. The van der Waals surface area contributed by atoms with Gasteiger partial charge in [0.15, 0.2) is 6.04 Å². The highest BCUT2D eigenvalue weighted by molar-refractivity contribution is 6.32. The van der Waals surface area contributed by atoms with Crippen molar-refractivity contribution in [1.29, 1.82) is 5.26 Å². The first-order chi connectivity index (χ1) is 15.2. The molecule has 0 spiro atoms. The first kappa shape index (κ1) is 21.1. The lowest BCUT2D eigenvalue weighted by atomic mass is 10.0. The van der Waals surface area contributed by atoms with E-state index >= 15 is 0 Å². The molecule has 0 amide bonds. The SMILES string of the molecule is Cc1c(Cl)ccc2c1N=CC2=Cc1[nH]c(=O)n(C(C(=O)O)c2ccc(C#N)c(F)c2)c1O. The number of aromatic hydroxyl groups is 1. The summed E-state index contributed by atoms with van der Waals surface area (Å²) < 4.78 is 14.7. The third-order valence-corrected chi connectivity index (χ3v) is 5.57. The van der Waals surface area contributed by atoms with E-state index in [9.17, 15) is 24.2 Å². The maximum Gasteiger partial charge on any atom is 0.331 e. The van der Waals surface area contributed by atoms with Gasteiger partial charge in [-0.3, -0.25) is 4.99 Å². The second-order valence-corrected chi connectivity index (χ2v) is 7.46. The van der Waals surface area contributed by atoms with Crippen LogP contribution in [0, 0.1) is 24.1 Å². The van der Waals surface area contributed by atoms with Crippen molar-refractivity contribution in [2.24, 2.45) is 4.99 Å². The molecular weight excluding hydrogens is 439 g/mol. The molecule has 0 aliphatic carbocycles. The summed E-state index contributed by atoms with van der Waals surface area (Å²) >= 11 is 6.12. The van der Waals surface area contributed by atoms with E-state index in [0.717, 1.165) is 23.3 Å². The first-order valence-electron chi connectivity index (χ1n) is 9.24. The molecule has 0 bridgehead atoms. The lowest BCUT2D eigenvalue weighted by Crippen LogP contribution is -2.28. The monoisotopic (exact) mass is 452 g/mol. The van der Waals surface area contributed by atoms with Crippen molar-refractivity contribution in [3.8, 4) is 11.9 Å². The number of H-pyrrole nitrogens is 1. The van der Waals surface area contributed by atoms with Crippen LogP contribution in [0.1, 0.15) is 34.0 Å². The Morgan fingerprint density at radius 3 is 2.78 bits per heavy atom. The van der Waals surface area contributed by atoms with Crippen molar-refractivity contribution in [2.45, 2.75) is 13.0 Å². The quantitative estimate of drug-likeness (QED) is 0.554. The average Bonchev–Trinajstić information content (AvgIpc) is 3.27. The summed E-state index contributed by atoms with van der Waals surface area (Å²) in [4.78, 5) is 31.2. The molecule has 1 aliphatic heterocycles. The Morgan fingerprint density at radius 2 is 2.12 bits per heavy atom. The largest absolute Gasteiger partial charge is 0.493 e. The summed E-state index contributed by atoms with van der Waals surface area (Å²) in [6.07, 6.45) is 2.99. The number of carboxylic acid groups (broad SMARTS) is 1. The van der Waals surface area contributed by atoms with E-state index in [1.54, 1.807) is 18.2 Å². The molecule has 3 aromatic rings. The molecule has 0 saturated heterocycles. The molecular formula is C22H14ClFN4O4. The van der Waals surface area contributed by atoms with Crippen LogP contribution >= 0.6 is 11.6 Å². The smallest absolute Gasteiger partial charge is 0.331 e. The van der Waals surface area contributed by atoms with Crippen molar-refractivity contribution >= 4 is 41.1 Å². The fourth-order valence-electron chi connectivity index (χ4n) is 3.54. The molecule has 3 N–H and O–H groups in total. The molecule has 32 heavy (non-hydrogen) atoms. The molecule has 0 saturated carbocycles. The Labute approximate surface area is 185 Å². The number of carbonyl (C=O) groups is 1. The summed E-state index contributed by atoms with van der Waals surface area (Å²) in [5, 5.41) is 29.8. The predicted octanol–water partition coefficient (Wildman–Crippen LogP) is 3.79. The molecule has 0 fully saturated rings. The van der Waals surface area contributed by atoms with Crippen molar-refractivity contribution in [1.82, 2.24) is 9.55 Å². The van der Waals surface area contributed by atoms with Gasteiger partial charge in [0.05, 0.1) is 11.3 Å². The Balaban J connectivity index is 1.81. The number of aliphatic carboxylic acids is 1. The van der Waals surface area contributed by atoms with Crippen LogP contribution in [-0.2, 0) is 4.79 Å². The molecule has 8 nitrogen and oxygen atoms in total. The highest BCUT2D eigenvalue weighted by atomic mass is 35.5. The van der Waals surface area contributed by atoms with Gasteiger partial charge in [0, 0.05) is 22.4 Å². The number of imidazole rings is 1. The highest BCUT2D eigenvalue weighted by Gasteiger charge is 2.29. The minimum Gasteiger partial charge on any atom is -0.493 e. The van der Waals surface area contributed by atoms with E-state index in [1.807, 2.05) is 6.92 Å². The third-order valence-electron chi connectivity index (χ3n) is 5.16. The maximum atomic E-state index is 14.1. The number of aromatic nitrogens is 2. The van der Waals surface area contributed by atoms with Gasteiger partial charge in [-0.1, -0.05) is 23.7 Å². The average molecular weight is 453 g/mol. The van der Waals surface area contributed by atoms with Crippen LogP contribution in [-0.4, -0.2) is 31.9 Å². The summed E-state index contributed by atoms with van der Waals surface area (Å²) in [6.45, 7) is 1.81. The van der Waals surface area contributed by atoms with Gasteiger partial charge in [0.1, 0.15) is 17.6 Å². The molecule has 1 aromatic heterocycles. The summed E-state index contributed by atoms with van der Waals surface area (Å²) in [5.41, 5.74) is 1.37. The zero-order valence-electron chi connectivity index (χ0n) is 16.4. The molecule has 1 aliphatic rings. The number of fused-ring (bicyclic) bond motifs is 1. The number of carboxylic acids is 1. The Morgan fingerprint density at radius 1 is 1.38 bits per heavy atom. The van der Waals surface area contributed by atoms with Crippen molar-refractivity contribution in [3.63, 3.8) is 0 Å². The summed E-state index contributed by atoms with van der Waals surface area (Å²) in [6, 6.07) is 6.53. The van der Waals surface area contributed by atoms with Gasteiger partial charge >= 0.3 is 11.7 Å². The van der Waals surface area contributed by atoms with E-state index in [1.165, 1.54) is 18.4 Å². The number of rotatable bonds is 4. The second kappa shape index (κ2) is 7.83. The number of hydrogen-bond donors (Lipinski definition) is 3. The number of aliphatic imine (C=N–C) groups is 1. The number of allylic oxidation sites excluding steroid dienone is 1. The lowest BCUT2D eigenvalue weighted by Gasteiger charge is -2.15. The van der Waals surface area contributed by atoms with Gasteiger partial charge < -0.3 is 15.2 Å². The zero-order chi connectivity index (χ0) is 23.2. The first-order valence-corrected chi connectivity index (χ1v) is 9.61. The van der Waals surface area contributed by atoms with Crippen LogP contribution in [0.3, 0.4) is 0 Å². The molecule has 4 rings (SSSR count). The third kappa shape index (κ3) is 3.36. The van der Waals surface area contributed by atoms with Crippen molar-refractivity contribution in [3.05, 3.63) is 79.6 Å². The van der Waals surface area contributed by atoms with Gasteiger partial charge in [-0.2, -0.15) is 5.26 Å². The normalized spacial score (nSPS) is 14.4. The van der Waals surface area contributed by atoms with Crippen LogP contribution in [0.2, 0.25) is 5.02 Å². The summed E-state index contributed by atoms with van der Waals surface area (Å²) in [7, 11) is 0. The van der Waals surface area contributed by atoms with Crippen LogP contribution in [0.25, 0.3) is 11.6 Å². The Bertz CT molecular complexity index is 1450. The minimum atomic E-state index is -1.72. The molecule has 160 valence electrons. The Hall–Kier alpha value is -4.16. The van der Waals surface area contributed by atoms with Crippen LogP contribution < -0.4 is 5.69 Å². The molecule has 1 atom stereocenters. The van der Waals surface area contributed by atoms with Crippen LogP contribution in [0.5, 0.6) is 5.88 Å². The number of aromatic amines is 1. The summed E-state index contributed by atoms with van der Waals surface area (Å²) in [5.74, 6) is -3.08. The molecule has 2 aromatic carbocycles. The van der Waals surface area contributed by atoms with E-state index < -0.39 is 29.4 Å². The van der Waals surface area contributed by atoms with Crippen molar-refractivity contribution in [2.75, 3.05) is 0 Å². The van der Waals surface area contributed by atoms with E-state index in [-0.39, 0.29) is 16.8 Å². The van der Waals surface area contributed by atoms with Gasteiger partial charge in [-0.15, -0.1) is 0 Å². The lowest BCUT2D eigenvalue weighted by molar-refractivity contribution is -0.139. The number of benzene rings is 2. The van der Waals surface area contributed by atoms with Crippen LogP contribution in [0.4, 0.5) is 10.1 Å².